The molecule has 5 nitrogen and oxygen atoms in total. The number of methoxy groups -OCH3 is 1. The predicted octanol–water partition coefficient (Wildman–Crippen LogP) is 3.08. The summed E-state index contributed by atoms with van der Waals surface area (Å²) in [5.74, 6) is 0.735. The molecule has 2 amide bonds. The average Bonchev–Trinajstić information content (AvgIpc) is 2.85. The van der Waals surface area contributed by atoms with Crippen LogP contribution < -0.4 is 4.74 Å². The van der Waals surface area contributed by atoms with Gasteiger partial charge in [0, 0.05) is 32.6 Å². The summed E-state index contributed by atoms with van der Waals surface area (Å²) in [6, 6.07) is 5.83. The Morgan fingerprint density at radius 3 is 2.32 bits per heavy atom. The normalized spacial score (nSPS) is 15.7. The highest BCUT2D eigenvalue weighted by molar-refractivity contribution is 5.97. The van der Waals surface area contributed by atoms with Gasteiger partial charge >= 0.3 is 0 Å². The molecule has 1 aromatic carbocycles. The fourth-order valence-electron chi connectivity index (χ4n) is 3.11. The molecule has 0 radical (unpaired) electrons. The summed E-state index contributed by atoms with van der Waals surface area (Å²) in [5, 5.41) is 0. The van der Waals surface area contributed by atoms with Crippen LogP contribution in [0.2, 0.25) is 0 Å². The molecule has 1 saturated heterocycles. The molecule has 0 aliphatic carbocycles. The van der Waals surface area contributed by atoms with Gasteiger partial charge in [-0.25, -0.2) is 0 Å². The number of benzene rings is 1. The minimum atomic E-state index is -0.0373. The number of nitrogens with zero attached hydrogens (tertiary/aromatic N) is 2. The van der Waals surface area contributed by atoms with Crippen molar-refractivity contribution in [2.75, 3.05) is 33.3 Å². The molecule has 1 aromatic rings. The number of ether oxygens (including phenoxy) is 1. The number of amides is 2. The molecule has 0 unspecified atom stereocenters. The Morgan fingerprint density at radius 2 is 1.72 bits per heavy atom. The fraction of sp³-hybridized carbons (Fsp3) is 0.600. The molecule has 0 N–H and O–H groups in total. The van der Waals surface area contributed by atoms with Crippen LogP contribution in [0, 0.1) is 0 Å². The first-order valence-electron chi connectivity index (χ1n) is 9.03. The Hall–Kier alpha value is -2.04. The summed E-state index contributed by atoms with van der Waals surface area (Å²) in [5.41, 5.74) is 1.67. The van der Waals surface area contributed by atoms with Crippen LogP contribution in [-0.2, 0) is 10.2 Å². The first-order valence-corrected chi connectivity index (χ1v) is 9.03. The monoisotopic (exact) mass is 346 g/mol. The number of hydrogen-bond acceptors (Lipinski definition) is 3. The van der Waals surface area contributed by atoms with Gasteiger partial charge in [0.05, 0.1) is 12.7 Å². The molecule has 0 spiro atoms. The lowest BCUT2D eigenvalue weighted by molar-refractivity contribution is -0.130. The molecule has 0 aromatic heterocycles. The van der Waals surface area contributed by atoms with Crippen molar-refractivity contribution in [3.8, 4) is 5.75 Å². The van der Waals surface area contributed by atoms with Gasteiger partial charge in [0.1, 0.15) is 5.75 Å². The van der Waals surface area contributed by atoms with E-state index in [1.165, 1.54) is 0 Å². The average molecular weight is 346 g/mol. The molecule has 0 saturated carbocycles. The van der Waals surface area contributed by atoms with Gasteiger partial charge in [-0.1, -0.05) is 33.8 Å². The molecule has 5 heteroatoms. The van der Waals surface area contributed by atoms with Gasteiger partial charge in [-0.3, -0.25) is 9.59 Å². The van der Waals surface area contributed by atoms with Crippen LogP contribution in [0.3, 0.4) is 0 Å². The van der Waals surface area contributed by atoms with Crippen molar-refractivity contribution >= 4 is 11.8 Å². The fourth-order valence-corrected chi connectivity index (χ4v) is 3.11. The number of carbonyl (C=O) groups excluding carboxylic acids is 2. The highest BCUT2D eigenvalue weighted by atomic mass is 16.5. The maximum Gasteiger partial charge on any atom is 0.257 e. The van der Waals surface area contributed by atoms with Crippen LogP contribution >= 0.6 is 0 Å². The van der Waals surface area contributed by atoms with E-state index in [-0.39, 0.29) is 17.2 Å². The first kappa shape index (κ1) is 19.3. The second kappa shape index (κ2) is 7.89. The highest BCUT2D eigenvalue weighted by Crippen LogP contribution is 2.29. The van der Waals surface area contributed by atoms with Crippen molar-refractivity contribution in [1.29, 1.82) is 0 Å². The first-order chi connectivity index (χ1) is 11.8. The summed E-state index contributed by atoms with van der Waals surface area (Å²) in [6.45, 7) is 10.8. The Labute approximate surface area is 150 Å². The third-order valence-electron chi connectivity index (χ3n) is 4.73. The molecule has 1 aliphatic heterocycles. The molecule has 0 bridgehead atoms. The van der Waals surface area contributed by atoms with Crippen LogP contribution in [0.15, 0.2) is 18.2 Å². The smallest absolute Gasteiger partial charge is 0.257 e. The third-order valence-corrected chi connectivity index (χ3v) is 4.73. The van der Waals surface area contributed by atoms with Crippen LogP contribution in [0.1, 0.15) is 56.5 Å². The Bertz CT molecular complexity index is 634. The van der Waals surface area contributed by atoms with E-state index in [0.29, 0.717) is 37.4 Å². The van der Waals surface area contributed by atoms with E-state index in [2.05, 4.69) is 20.8 Å². The highest BCUT2D eigenvalue weighted by Gasteiger charge is 2.25. The van der Waals surface area contributed by atoms with Gasteiger partial charge < -0.3 is 14.5 Å². The summed E-state index contributed by atoms with van der Waals surface area (Å²) < 4.78 is 5.42. The van der Waals surface area contributed by atoms with E-state index < -0.39 is 0 Å². The maximum atomic E-state index is 13.1. The van der Waals surface area contributed by atoms with Crippen LogP contribution in [-0.4, -0.2) is 54.9 Å². The molecule has 1 fully saturated rings. The van der Waals surface area contributed by atoms with Gasteiger partial charge in [0.15, 0.2) is 0 Å². The van der Waals surface area contributed by atoms with Crippen molar-refractivity contribution in [3.63, 3.8) is 0 Å². The van der Waals surface area contributed by atoms with Crippen molar-refractivity contribution in [2.24, 2.45) is 0 Å². The summed E-state index contributed by atoms with van der Waals surface area (Å²) >= 11 is 0. The number of rotatable bonds is 3. The lowest BCUT2D eigenvalue weighted by Crippen LogP contribution is -2.37. The molecular formula is C20H30N2O3. The van der Waals surface area contributed by atoms with Gasteiger partial charge in [0.2, 0.25) is 5.91 Å². The Balaban J connectivity index is 2.23. The van der Waals surface area contributed by atoms with Gasteiger partial charge in [-0.15, -0.1) is 0 Å². The van der Waals surface area contributed by atoms with Crippen LogP contribution in [0.25, 0.3) is 0 Å². The topological polar surface area (TPSA) is 49.9 Å². The van der Waals surface area contributed by atoms with Crippen LogP contribution in [0.5, 0.6) is 5.75 Å². The lowest BCUT2D eigenvalue weighted by Gasteiger charge is -2.25. The van der Waals surface area contributed by atoms with Gasteiger partial charge in [-0.2, -0.15) is 0 Å². The van der Waals surface area contributed by atoms with E-state index in [9.17, 15) is 9.59 Å². The van der Waals surface area contributed by atoms with Crippen molar-refractivity contribution < 1.29 is 14.3 Å². The Morgan fingerprint density at radius 1 is 1.08 bits per heavy atom. The Kier molecular flexibility index (Phi) is 6.09. The molecule has 1 heterocycles. The maximum absolute atomic E-state index is 13.1. The van der Waals surface area contributed by atoms with Crippen LogP contribution in [0.4, 0.5) is 0 Å². The third kappa shape index (κ3) is 4.53. The van der Waals surface area contributed by atoms with Gasteiger partial charge in [0.25, 0.3) is 5.91 Å². The predicted molar refractivity (Wildman–Crippen MR) is 99.1 cm³/mol. The van der Waals surface area contributed by atoms with Crippen molar-refractivity contribution in [1.82, 2.24) is 9.80 Å². The number of carbonyl (C=O) groups is 2. The molecule has 25 heavy (non-hydrogen) atoms. The molecule has 0 atom stereocenters. The van der Waals surface area contributed by atoms with E-state index in [1.54, 1.807) is 7.11 Å². The second-order valence-electron chi connectivity index (χ2n) is 7.55. The quantitative estimate of drug-likeness (QED) is 0.845. The molecule has 1 aliphatic rings. The van der Waals surface area contributed by atoms with E-state index in [1.807, 2.05) is 34.9 Å². The zero-order valence-electron chi connectivity index (χ0n) is 16.1. The second-order valence-corrected chi connectivity index (χ2v) is 7.55. The van der Waals surface area contributed by atoms with E-state index in [0.717, 1.165) is 18.5 Å². The largest absolute Gasteiger partial charge is 0.496 e. The minimum absolute atomic E-state index is 0.0197. The SMILES string of the molecule is CCC(=O)N1CCCN(C(=O)c2cc(C(C)(C)C)ccc2OC)CC1. The lowest BCUT2D eigenvalue weighted by atomic mass is 9.86. The molecule has 2 rings (SSSR count). The summed E-state index contributed by atoms with van der Waals surface area (Å²) in [4.78, 5) is 28.7. The number of hydrogen-bond donors (Lipinski definition) is 0. The zero-order valence-corrected chi connectivity index (χ0v) is 16.1. The van der Waals surface area contributed by atoms with Crippen molar-refractivity contribution in [2.45, 2.75) is 46.0 Å². The van der Waals surface area contributed by atoms with Crippen molar-refractivity contribution in [3.05, 3.63) is 29.3 Å². The molecule has 138 valence electrons. The standard InChI is InChI=1S/C20H30N2O3/c1-6-18(23)21-10-7-11-22(13-12-21)19(24)16-14-15(20(2,3)4)8-9-17(16)25-5/h8-9,14H,6-7,10-13H2,1-5H3. The zero-order chi connectivity index (χ0) is 18.6. The van der Waals surface area contributed by atoms with Gasteiger partial charge in [-0.05, 0) is 29.5 Å². The molecular weight excluding hydrogens is 316 g/mol. The van der Waals surface area contributed by atoms with E-state index >= 15 is 0 Å². The van der Waals surface area contributed by atoms with E-state index in [4.69, 9.17) is 4.74 Å². The summed E-state index contributed by atoms with van der Waals surface area (Å²) in [7, 11) is 1.59. The summed E-state index contributed by atoms with van der Waals surface area (Å²) in [6.07, 6.45) is 1.31. The minimum Gasteiger partial charge on any atom is -0.496 e.